The Morgan fingerprint density at radius 1 is 1.30 bits per heavy atom. The Balaban J connectivity index is 1.84. The molecule has 144 valence electrons. The Kier molecular flexibility index (Phi) is 5.36. The standard InChI is InChI=1S/C18H21ClFN5O2/c1-25-16(21)14(18(27)23-11-6-7-13(20)12(19)8-11)15(24-25)9-2-4-10(5-3-9)17(22)26/h6-10H,2-5,21H2,1H3,(H2,22,26)(H,23,27). The zero-order valence-corrected chi connectivity index (χ0v) is 15.6. The van der Waals surface area contributed by atoms with Gasteiger partial charge in [0.05, 0.1) is 10.7 Å². The van der Waals surface area contributed by atoms with Crippen LogP contribution in [0.3, 0.4) is 0 Å². The second-order valence-electron chi connectivity index (χ2n) is 6.80. The van der Waals surface area contributed by atoms with E-state index in [1.807, 2.05) is 0 Å². The molecule has 1 heterocycles. The van der Waals surface area contributed by atoms with Gasteiger partial charge in [0.1, 0.15) is 17.2 Å². The summed E-state index contributed by atoms with van der Waals surface area (Å²) in [4.78, 5) is 24.2. The zero-order chi connectivity index (χ0) is 19.7. The number of nitrogens with one attached hydrogen (secondary N) is 1. The lowest BCUT2D eigenvalue weighted by Gasteiger charge is -2.26. The fourth-order valence-electron chi connectivity index (χ4n) is 3.50. The van der Waals surface area contributed by atoms with E-state index in [9.17, 15) is 14.0 Å². The first-order valence-corrected chi connectivity index (χ1v) is 9.03. The number of hydrogen-bond acceptors (Lipinski definition) is 4. The first-order chi connectivity index (χ1) is 12.8. The minimum Gasteiger partial charge on any atom is -0.383 e. The molecule has 2 amide bonds. The van der Waals surface area contributed by atoms with Crippen molar-refractivity contribution in [1.82, 2.24) is 9.78 Å². The van der Waals surface area contributed by atoms with E-state index in [-0.39, 0.29) is 28.6 Å². The van der Waals surface area contributed by atoms with E-state index in [0.29, 0.717) is 42.6 Å². The van der Waals surface area contributed by atoms with Crippen LogP contribution in [-0.4, -0.2) is 21.6 Å². The molecule has 1 saturated carbocycles. The molecule has 1 aliphatic rings. The smallest absolute Gasteiger partial charge is 0.261 e. The molecule has 0 aliphatic heterocycles. The van der Waals surface area contributed by atoms with Crippen molar-refractivity contribution in [2.75, 3.05) is 11.1 Å². The third-order valence-corrected chi connectivity index (χ3v) is 5.33. The van der Waals surface area contributed by atoms with Crippen LogP contribution in [0.15, 0.2) is 18.2 Å². The number of aromatic nitrogens is 2. The number of carbonyl (C=O) groups is 2. The predicted molar refractivity (Wildman–Crippen MR) is 101 cm³/mol. The summed E-state index contributed by atoms with van der Waals surface area (Å²) in [6.45, 7) is 0. The molecule has 5 N–H and O–H groups in total. The molecule has 1 fully saturated rings. The Labute approximate surface area is 160 Å². The van der Waals surface area contributed by atoms with Crippen LogP contribution in [0.1, 0.15) is 47.7 Å². The summed E-state index contributed by atoms with van der Waals surface area (Å²) in [5, 5.41) is 7.03. The molecule has 0 spiro atoms. The number of nitrogens with zero attached hydrogens (tertiary/aromatic N) is 2. The van der Waals surface area contributed by atoms with E-state index in [4.69, 9.17) is 23.1 Å². The topological polar surface area (TPSA) is 116 Å². The fraction of sp³-hybridized carbons (Fsp3) is 0.389. The molecule has 3 rings (SSSR count). The molecule has 0 radical (unpaired) electrons. The fourth-order valence-corrected chi connectivity index (χ4v) is 3.68. The summed E-state index contributed by atoms with van der Waals surface area (Å²) < 4.78 is 14.8. The molecule has 1 aromatic carbocycles. The van der Waals surface area contributed by atoms with Gasteiger partial charge in [-0.15, -0.1) is 0 Å². The number of nitrogens with two attached hydrogens (primary N) is 2. The summed E-state index contributed by atoms with van der Waals surface area (Å²) in [6, 6.07) is 3.93. The van der Waals surface area contributed by atoms with E-state index >= 15 is 0 Å². The number of primary amides is 1. The monoisotopic (exact) mass is 393 g/mol. The quantitative estimate of drug-likeness (QED) is 0.740. The summed E-state index contributed by atoms with van der Waals surface area (Å²) >= 11 is 5.77. The second-order valence-corrected chi connectivity index (χ2v) is 7.21. The largest absolute Gasteiger partial charge is 0.383 e. The van der Waals surface area contributed by atoms with Gasteiger partial charge in [0.25, 0.3) is 5.91 Å². The minimum atomic E-state index is -0.567. The van der Waals surface area contributed by atoms with Gasteiger partial charge in [-0.25, -0.2) is 4.39 Å². The molecule has 9 heteroatoms. The molecule has 27 heavy (non-hydrogen) atoms. The van der Waals surface area contributed by atoms with Crippen LogP contribution in [0, 0.1) is 11.7 Å². The molecule has 7 nitrogen and oxygen atoms in total. The summed E-state index contributed by atoms with van der Waals surface area (Å²) in [7, 11) is 1.67. The van der Waals surface area contributed by atoms with Crippen molar-refractivity contribution in [3.05, 3.63) is 40.3 Å². The van der Waals surface area contributed by atoms with Gasteiger partial charge in [-0.1, -0.05) is 11.6 Å². The van der Waals surface area contributed by atoms with Crippen molar-refractivity contribution in [2.24, 2.45) is 18.7 Å². The summed E-state index contributed by atoms with van der Waals surface area (Å²) in [6.07, 6.45) is 2.72. The number of nitrogen functional groups attached to an aromatic ring is 1. The van der Waals surface area contributed by atoms with E-state index < -0.39 is 11.7 Å². The predicted octanol–water partition coefficient (Wildman–Crippen LogP) is 2.81. The number of carbonyl (C=O) groups excluding carboxylic acids is 2. The maximum atomic E-state index is 13.3. The Bertz CT molecular complexity index is 890. The van der Waals surface area contributed by atoms with Crippen LogP contribution in [0.2, 0.25) is 5.02 Å². The van der Waals surface area contributed by atoms with Crippen LogP contribution in [0.4, 0.5) is 15.9 Å². The number of anilines is 2. The van der Waals surface area contributed by atoms with Gasteiger partial charge in [-0.3, -0.25) is 14.3 Å². The van der Waals surface area contributed by atoms with Gasteiger partial charge in [-0.2, -0.15) is 5.10 Å². The van der Waals surface area contributed by atoms with Crippen LogP contribution in [0.25, 0.3) is 0 Å². The molecule has 0 bridgehead atoms. The van der Waals surface area contributed by atoms with Crippen molar-refractivity contribution < 1.29 is 14.0 Å². The Morgan fingerprint density at radius 2 is 1.96 bits per heavy atom. The third kappa shape index (κ3) is 3.90. The molecule has 2 aromatic rings. The third-order valence-electron chi connectivity index (χ3n) is 5.04. The number of aryl methyl sites for hydroxylation is 1. The van der Waals surface area contributed by atoms with Crippen LogP contribution < -0.4 is 16.8 Å². The second kappa shape index (κ2) is 7.56. The van der Waals surface area contributed by atoms with E-state index in [2.05, 4.69) is 10.4 Å². The molecule has 1 aromatic heterocycles. The van der Waals surface area contributed by atoms with E-state index in [1.54, 1.807) is 7.05 Å². The highest BCUT2D eigenvalue weighted by Crippen LogP contribution is 2.38. The summed E-state index contributed by atoms with van der Waals surface area (Å²) in [5.74, 6) is -1.17. The lowest BCUT2D eigenvalue weighted by Crippen LogP contribution is -2.27. The van der Waals surface area contributed by atoms with Gasteiger partial charge in [-0.05, 0) is 43.9 Å². The zero-order valence-electron chi connectivity index (χ0n) is 14.8. The number of rotatable bonds is 4. The van der Waals surface area contributed by atoms with Crippen LogP contribution >= 0.6 is 11.6 Å². The van der Waals surface area contributed by atoms with Crippen molar-refractivity contribution in [3.63, 3.8) is 0 Å². The van der Waals surface area contributed by atoms with Gasteiger partial charge >= 0.3 is 0 Å². The van der Waals surface area contributed by atoms with Crippen LogP contribution in [-0.2, 0) is 11.8 Å². The summed E-state index contributed by atoms with van der Waals surface area (Å²) in [5.41, 5.74) is 12.7. The van der Waals surface area contributed by atoms with Gasteiger partial charge in [0, 0.05) is 24.6 Å². The first kappa shape index (κ1) is 19.2. The maximum absolute atomic E-state index is 13.3. The van der Waals surface area contributed by atoms with Crippen molar-refractivity contribution in [2.45, 2.75) is 31.6 Å². The van der Waals surface area contributed by atoms with Crippen molar-refractivity contribution >= 4 is 34.9 Å². The van der Waals surface area contributed by atoms with Gasteiger partial charge < -0.3 is 16.8 Å². The lowest BCUT2D eigenvalue weighted by atomic mass is 9.79. The van der Waals surface area contributed by atoms with Crippen molar-refractivity contribution in [1.29, 1.82) is 0 Å². The van der Waals surface area contributed by atoms with E-state index in [0.717, 1.165) is 0 Å². The lowest BCUT2D eigenvalue weighted by molar-refractivity contribution is -0.122. The number of halogens is 2. The molecular weight excluding hydrogens is 373 g/mol. The Hall–Kier alpha value is -2.61. The number of amides is 2. The number of hydrogen-bond donors (Lipinski definition) is 3. The van der Waals surface area contributed by atoms with Crippen LogP contribution in [0.5, 0.6) is 0 Å². The normalized spacial score (nSPS) is 19.7. The molecule has 0 unspecified atom stereocenters. The molecule has 1 aliphatic carbocycles. The SMILES string of the molecule is Cn1nc(C2CCC(C(N)=O)CC2)c(C(=O)Nc2ccc(F)c(Cl)c2)c1N. The maximum Gasteiger partial charge on any atom is 0.261 e. The van der Waals surface area contributed by atoms with E-state index in [1.165, 1.54) is 22.9 Å². The number of benzene rings is 1. The first-order valence-electron chi connectivity index (χ1n) is 8.66. The van der Waals surface area contributed by atoms with Gasteiger partial charge in [0.2, 0.25) is 5.91 Å². The average Bonchev–Trinajstić information content (AvgIpc) is 2.93. The minimum absolute atomic E-state index is 0.0154. The average molecular weight is 394 g/mol. The highest BCUT2D eigenvalue weighted by molar-refractivity contribution is 6.31. The molecule has 0 saturated heterocycles. The Morgan fingerprint density at radius 3 is 2.56 bits per heavy atom. The molecular formula is C18H21ClFN5O2. The molecule has 0 atom stereocenters. The van der Waals surface area contributed by atoms with Gasteiger partial charge in [0.15, 0.2) is 0 Å². The van der Waals surface area contributed by atoms with Crippen molar-refractivity contribution in [3.8, 4) is 0 Å². The highest BCUT2D eigenvalue weighted by atomic mass is 35.5. The highest BCUT2D eigenvalue weighted by Gasteiger charge is 2.32.